The van der Waals surface area contributed by atoms with E-state index in [1.165, 1.54) is 18.0 Å². The number of nitrogens with zero attached hydrogens (tertiary/aromatic N) is 1. The van der Waals surface area contributed by atoms with E-state index in [1.54, 1.807) is 11.3 Å². The van der Waals surface area contributed by atoms with Crippen molar-refractivity contribution in [2.24, 2.45) is 0 Å². The van der Waals surface area contributed by atoms with Crippen LogP contribution < -0.4 is 10.6 Å². The van der Waals surface area contributed by atoms with Crippen LogP contribution >= 0.6 is 11.3 Å². The molecule has 2 rings (SSSR count). The molecule has 4 heteroatoms. The Morgan fingerprint density at radius 1 is 1.38 bits per heavy atom. The van der Waals surface area contributed by atoms with Crippen molar-refractivity contribution in [1.29, 1.82) is 0 Å². The molecule has 1 atom stereocenters. The maximum Gasteiger partial charge on any atom is 0.0882 e. The fourth-order valence-electron chi connectivity index (χ4n) is 1.58. The minimum atomic E-state index is 0.706. The van der Waals surface area contributed by atoms with E-state index in [9.17, 15) is 0 Å². The summed E-state index contributed by atoms with van der Waals surface area (Å²) in [6.45, 7) is 9.47. The highest BCUT2D eigenvalue weighted by Gasteiger charge is 2.15. The van der Waals surface area contributed by atoms with E-state index in [0.717, 1.165) is 19.5 Å². The lowest BCUT2D eigenvalue weighted by Crippen LogP contribution is -2.47. The maximum absolute atomic E-state index is 3.38. The molecule has 0 amide bonds. The summed E-state index contributed by atoms with van der Waals surface area (Å²) in [5.74, 6) is 0. The van der Waals surface area contributed by atoms with Gasteiger partial charge in [0.1, 0.15) is 0 Å². The number of thiophene rings is 1. The van der Waals surface area contributed by atoms with Gasteiger partial charge in [0.2, 0.25) is 0 Å². The van der Waals surface area contributed by atoms with Gasteiger partial charge in [-0.1, -0.05) is 32.9 Å². The van der Waals surface area contributed by atoms with Crippen LogP contribution in [0.1, 0.15) is 33.6 Å². The zero-order valence-corrected chi connectivity index (χ0v) is 15.2. The van der Waals surface area contributed by atoms with Crippen LogP contribution in [0.4, 0.5) is 5.00 Å². The summed E-state index contributed by atoms with van der Waals surface area (Å²) in [5.41, 5.74) is 0. The van der Waals surface area contributed by atoms with Gasteiger partial charge in [-0.05, 0) is 51.0 Å². The van der Waals surface area contributed by atoms with Crippen molar-refractivity contribution in [2.75, 3.05) is 39.0 Å². The molecule has 1 fully saturated rings. The van der Waals surface area contributed by atoms with Gasteiger partial charge in [-0.15, -0.1) is 11.3 Å². The molecule has 1 aliphatic heterocycles. The van der Waals surface area contributed by atoms with Crippen LogP contribution in [0.2, 0.25) is 0 Å². The van der Waals surface area contributed by atoms with E-state index < -0.39 is 0 Å². The Morgan fingerprint density at radius 2 is 2.10 bits per heavy atom. The molecule has 1 aromatic rings. The highest BCUT2D eigenvalue weighted by molar-refractivity contribution is 7.14. The highest BCUT2D eigenvalue weighted by Crippen LogP contribution is 2.15. The number of hydrogen-bond donors (Lipinski definition) is 2. The summed E-state index contributed by atoms with van der Waals surface area (Å²) in [7, 11) is 4.14. The van der Waals surface area contributed by atoms with Crippen molar-refractivity contribution in [1.82, 2.24) is 10.2 Å². The number of rotatable bonds is 6. The monoisotopic (exact) mass is 311 g/mol. The third kappa shape index (κ3) is 11.5. The van der Waals surface area contributed by atoms with Gasteiger partial charge >= 0.3 is 0 Å². The van der Waals surface area contributed by atoms with Crippen LogP contribution in [0.15, 0.2) is 29.7 Å². The quantitative estimate of drug-likeness (QED) is 0.776. The third-order valence-corrected chi connectivity index (χ3v) is 3.67. The predicted octanol–water partition coefficient (Wildman–Crippen LogP) is 4.06. The maximum atomic E-state index is 3.38. The summed E-state index contributed by atoms with van der Waals surface area (Å²) >= 11 is 1.76. The van der Waals surface area contributed by atoms with E-state index in [2.05, 4.69) is 66.2 Å². The molecule has 0 radical (unpaired) electrons. The molecule has 0 aliphatic carbocycles. The third-order valence-electron chi connectivity index (χ3n) is 2.84. The number of anilines is 1. The molecular formula is C17H33N3S. The molecule has 3 nitrogen and oxygen atoms in total. The predicted molar refractivity (Wildman–Crippen MR) is 98.5 cm³/mol. The molecule has 2 heterocycles. The van der Waals surface area contributed by atoms with Gasteiger partial charge in [-0.25, -0.2) is 0 Å². The van der Waals surface area contributed by atoms with Gasteiger partial charge in [-0.2, -0.15) is 0 Å². The largest absolute Gasteiger partial charge is 0.375 e. The Bertz CT molecular complexity index is 330. The van der Waals surface area contributed by atoms with Crippen molar-refractivity contribution in [3.05, 3.63) is 29.7 Å². The molecule has 2 N–H and O–H groups in total. The molecule has 1 aliphatic rings. The smallest absolute Gasteiger partial charge is 0.0882 e. The lowest BCUT2D eigenvalue weighted by atomic mass is 10.1. The molecule has 0 bridgehead atoms. The topological polar surface area (TPSA) is 27.3 Å². The second kappa shape index (κ2) is 14.1. The molecule has 0 saturated carbocycles. The summed E-state index contributed by atoms with van der Waals surface area (Å²) < 4.78 is 0. The van der Waals surface area contributed by atoms with Crippen LogP contribution in [0, 0.1) is 0 Å². The molecule has 1 unspecified atom stereocenters. The van der Waals surface area contributed by atoms with E-state index in [4.69, 9.17) is 0 Å². The minimum Gasteiger partial charge on any atom is -0.375 e. The lowest BCUT2D eigenvalue weighted by Gasteiger charge is -2.27. The molecule has 1 aromatic heterocycles. The van der Waals surface area contributed by atoms with Gasteiger partial charge in [-0.3, -0.25) is 0 Å². The first-order valence-corrected chi connectivity index (χ1v) is 8.90. The fraction of sp³-hybridized carbons (Fsp3) is 0.647. The molecule has 1 saturated heterocycles. The van der Waals surface area contributed by atoms with Crippen molar-refractivity contribution in [2.45, 2.75) is 39.7 Å². The van der Waals surface area contributed by atoms with Crippen molar-refractivity contribution < 1.29 is 0 Å². The van der Waals surface area contributed by atoms with Crippen LogP contribution in [0.3, 0.4) is 0 Å². The molecule has 0 aromatic carbocycles. The number of nitrogens with one attached hydrogen (secondary N) is 2. The zero-order valence-electron chi connectivity index (χ0n) is 14.4. The summed E-state index contributed by atoms with van der Waals surface area (Å²) in [5, 5.41) is 10.1. The van der Waals surface area contributed by atoms with Crippen molar-refractivity contribution in [3.8, 4) is 0 Å². The van der Waals surface area contributed by atoms with Crippen LogP contribution in [0.25, 0.3) is 0 Å². The van der Waals surface area contributed by atoms with Gasteiger partial charge < -0.3 is 15.5 Å². The lowest BCUT2D eigenvalue weighted by molar-refractivity contribution is 0.387. The average Bonchev–Trinajstić information content (AvgIpc) is 2.93. The SMILES string of the molecule is CC.CC/C=C/CN(C)C.c1csc(NCC2CCN2)c1. The van der Waals surface area contributed by atoms with Gasteiger partial charge in [0.15, 0.2) is 0 Å². The van der Waals surface area contributed by atoms with E-state index >= 15 is 0 Å². The van der Waals surface area contributed by atoms with Gasteiger partial charge in [0.05, 0.1) is 5.00 Å². The van der Waals surface area contributed by atoms with E-state index in [1.807, 2.05) is 13.8 Å². The van der Waals surface area contributed by atoms with Crippen LogP contribution in [0.5, 0.6) is 0 Å². The molecular weight excluding hydrogens is 278 g/mol. The first-order chi connectivity index (χ1) is 10.2. The summed E-state index contributed by atoms with van der Waals surface area (Å²) in [4.78, 5) is 2.14. The number of hydrogen-bond acceptors (Lipinski definition) is 4. The first kappa shape index (κ1) is 20.2. The normalized spacial score (nSPS) is 16.6. The Hall–Kier alpha value is -0.840. The fourth-order valence-corrected chi connectivity index (χ4v) is 2.21. The summed E-state index contributed by atoms with van der Waals surface area (Å²) in [6.07, 6.45) is 6.83. The molecule has 122 valence electrons. The number of likely N-dealkylation sites (N-methyl/N-ethyl adjacent to an activating group) is 1. The zero-order chi connectivity index (χ0) is 15.9. The van der Waals surface area contributed by atoms with Crippen LogP contribution in [-0.2, 0) is 0 Å². The first-order valence-electron chi connectivity index (χ1n) is 8.03. The Balaban J connectivity index is 0.000000358. The van der Waals surface area contributed by atoms with E-state index in [-0.39, 0.29) is 0 Å². The second-order valence-electron chi connectivity index (χ2n) is 4.94. The van der Waals surface area contributed by atoms with E-state index in [0.29, 0.717) is 6.04 Å². The standard InChI is InChI=1S/C8H12N2S.C7H15N.C2H6/c1-2-8(11-5-1)10-6-7-3-4-9-7;1-4-5-6-7-8(2)3;1-2/h1-2,5,7,9-10H,3-4,6H2;5-6H,4,7H2,1-3H3;1-2H3/b;6-5+;. The van der Waals surface area contributed by atoms with Gasteiger partial charge in [0, 0.05) is 19.1 Å². The van der Waals surface area contributed by atoms with Gasteiger partial charge in [0.25, 0.3) is 0 Å². The van der Waals surface area contributed by atoms with Crippen molar-refractivity contribution in [3.63, 3.8) is 0 Å². The molecule has 21 heavy (non-hydrogen) atoms. The minimum absolute atomic E-state index is 0.706. The second-order valence-corrected chi connectivity index (χ2v) is 5.89. The summed E-state index contributed by atoms with van der Waals surface area (Å²) in [6, 6.07) is 4.89. The Kier molecular flexibility index (Phi) is 13.5. The van der Waals surface area contributed by atoms with Crippen molar-refractivity contribution >= 4 is 16.3 Å². The number of allylic oxidation sites excluding steroid dienone is 1. The highest BCUT2D eigenvalue weighted by atomic mass is 32.1. The molecule has 0 spiro atoms. The van der Waals surface area contributed by atoms with Crippen LogP contribution in [-0.4, -0.2) is 44.7 Å². The Morgan fingerprint density at radius 3 is 2.52 bits per heavy atom. The average molecular weight is 312 g/mol. The Labute approximate surface area is 135 Å².